The summed E-state index contributed by atoms with van der Waals surface area (Å²) in [6, 6.07) is 6.14. The lowest BCUT2D eigenvalue weighted by Crippen LogP contribution is -2.31. The number of anilines is 1. The molecular weight excluding hydrogens is 428 g/mol. The zero-order valence-electron chi connectivity index (χ0n) is 17.5. The number of hydrogen-bond donors (Lipinski definition) is 0. The van der Waals surface area contributed by atoms with Gasteiger partial charge in [0.25, 0.3) is 0 Å². The normalized spacial score (nSPS) is 11.5. The van der Waals surface area contributed by atoms with Crippen LogP contribution in [-0.4, -0.2) is 46.3 Å². The van der Waals surface area contributed by atoms with E-state index in [-0.39, 0.29) is 0 Å². The van der Waals surface area contributed by atoms with Crippen molar-refractivity contribution in [1.82, 2.24) is 0 Å². The standard InChI is InChI=1S/C19H28N4O5S2/c1-16-15-17(22(8-11-25-2)9-12-26-3)5-6-18(16)20-21-19-23(10-14-29-19)7-4-13-30-28-27-24/h5-6,10,14-15H,4,7-9,11-13H2,1-3H3. The molecule has 0 N–H and O–H groups in total. The van der Waals surface area contributed by atoms with E-state index in [4.69, 9.17) is 9.47 Å². The second kappa shape index (κ2) is 14.4. The second-order valence-corrected chi connectivity index (χ2v) is 7.99. The van der Waals surface area contributed by atoms with Crippen LogP contribution in [0.5, 0.6) is 0 Å². The summed E-state index contributed by atoms with van der Waals surface area (Å²) < 4.78 is 16.7. The van der Waals surface area contributed by atoms with Crippen molar-refractivity contribution in [2.45, 2.75) is 19.9 Å². The summed E-state index contributed by atoms with van der Waals surface area (Å²) in [5.41, 5.74) is 2.98. The van der Waals surface area contributed by atoms with E-state index < -0.39 is 0 Å². The van der Waals surface area contributed by atoms with E-state index >= 15 is 0 Å². The van der Waals surface area contributed by atoms with Crippen molar-refractivity contribution in [2.75, 3.05) is 51.2 Å². The molecular formula is C19H28N4O5S2. The third-order valence-corrected chi connectivity index (χ3v) is 5.67. The van der Waals surface area contributed by atoms with Gasteiger partial charge in [0.2, 0.25) is 0 Å². The van der Waals surface area contributed by atoms with Gasteiger partial charge in [0.1, 0.15) is 11.9 Å². The molecule has 0 amide bonds. The SMILES string of the molecule is COCCN(CCOC)c1ccc(N=Nc2scc[n+]2CCCSOO[O-])c(C)c1. The van der Waals surface area contributed by atoms with Gasteiger partial charge in [0, 0.05) is 56.2 Å². The number of azo groups is 1. The van der Waals surface area contributed by atoms with Gasteiger partial charge < -0.3 is 19.6 Å². The maximum absolute atomic E-state index is 9.79. The molecule has 0 aliphatic heterocycles. The number of aryl methyl sites for hydroxylation is 2. The van der Waals surface area contributed by atoms with Crippen molar-refractivity contribution >= 4 is 39.9 Å². The van der Waals surface area contributed by atoms with Crippen LogP contribution in [0.15, 0.2) is 40.0 Å². The Balaban J connectivity index is 2.02. The van der Waals surface area contributed by atoms with Crippen molar-refractivity contribution in [3.8, 4) is 0 Å². The minimum Gasteiger partial charge on any atom is -0.691 e. The van der Waals surface area contributed by atoms with Crippen LogP contribution in [0.25, 0.3) is 0 Å². The predicted octanol–water partition coefficient (Wildman–Crippen LogP) is 3.12. The monoisotopic (exact) mass is 456 g/mol. The smallest absolute Gasteiger partial charge is 0.408 e. The summed E-state index contributed by atoms with van der Waals surface area (Å²) in [5.74, 6) is 0.644. The maximum atomic E-state index is 9.79. The highest BCUT2D eigenvalue weighted by atomic mass is 32.2. The van der Waals surface area contributed by atoms with Crippen molar-refractivity contribution in [3.63, 3.8) is 0 Å². The Kier molecular flexibility index (Phi) is 11.9. The van der Waals surface area contributed by atoms with Crippen LogP contribution < -0.4 is 14.7 Å². The number of nitrogens with zero attached hydrogens (tertiary/aromatic N) is 4. The van der Waals surface area contributed by atoms with Crippen LogP contribution in [0.4, 0.5) is 16.5 Å². The van der Waals surface area contributed by atoms with Gasteiger partial charge in [-0.15, -0.1) is 0 Å². The third-order valence-electron chi connectivity index (χ3n) is 4.28. The van der Waals surface area contributed by atoms with Gasteiger partial charge in [-0.2, -0.15) is 4.33 Å². The summed E-state index contributed by atoms with van der Waals surface area (Å²) in [6.45, 7) is 5.66. The Morgan fingerprint density at radius 3 is 2.60 bits per heavy atom. The van der Waals surface area contributed by atoms with Gasteiger partial charge in [-0.25, -0.2) is 4.57 Å². The number of methoxy groups -OCH3 is 2. The molecule has 0 unspecified atom stereocenters. The summed E-state index contributed by atoms with van der Waals surface area (Å²) in [6.07, 6.45) is 2.78. The molecule has 2 aromatic rings. The molecule has 1 aromatic heterocycles. The molecule has 30 heavy (non-hydrogen) atoms. The fourth-order valence-corrected chi connectivity index (χ4v) is 3.77. The van der Waals surface area contributed by atoms with E-state index in [1.807, 2.05) is 35.2 Å². The maximum Gasteiger partial charge on any atom is 0.408 e. The molecule has 166 valence electrons. The summed E-state index contributed by atoms with van der Waals surface area (Å²) in [5, 5.41) is 24.8. The average Bonchev–Trinajstić information content (AvgIpc) is 3.20. The van der Waals surface area contributed by atoms with E-state index in [9.17, 15) is 5.26 Å². The zero-order chi connectivity index (χ0) is 21.6. The third kappa shape index (κ3) is 8.26. The van der Waals surface area contributed by atoms with Crippen LogP contribution in [0.2, 0.25) is 0 Å². The lowest BCUT2D eigenvalue weighted by atomic mass is 10.1. The second-order valence-electron chi connectivity index (χ2n) is 6.33. The van der Waals surface area contributed by atoms with Crippen LogP contribution in [0, 0.1) is 6.92 Å². The summed E-state index contributed by atoms with van der Waals surface area (Å²) >= 11 is 2.51. The summed E-state index contributed by atoms with van der Waals surface area (Å²) in [4.78, 5) is 2.23. The fraction of sp³-hybridized carbons (Fsp3) is 0.526. The van der Waals surface area contributed by atoms with Crippen LogP contribution in [0.3, 0.4) is 0 Å². The van der Waals surface area contributed by atoms with Gasteiger partial charge in [0.05, 0.1) is 24.9 Å². The predicted molar refractivity (Wildman–Crippen MR) is 115 cm³/mol. The number of aromatic nitrogens is 1. The van der Waals surface area contributed by atoms with Crippen LogP contribution in [-0.2, 0) is 25.4 Å². The topological polar surface area (TPSA) is 91.8 Å². The number of hydrogen-bond acceptors (Lipinski definition) is 10. The number of ether oxygens (including phenoxy) is 2. The van der Waals surface area contributed by atoms with Crippen LogP contribution >= 0.6 is 23.4 Å². The van der Waals surface area contributed by atoms with Gasteiger partial charge in [0.15, 0.2) is 0 Å². The zero-order valence-corrected chi connectivity index (χ0v) is 19.1. The molecule has 0 aliphatic carbocycles. The fourth-order valence-electron chi connectivity index (χ4n) is 2.71. The quantitative estimate of drug-likeness (QED) is 0.102. The average molecular weight is 457 g/mol. The molecule has 0 saturated heterocycles. The Hall–Kier alpha value is -1.60. The van der Waals surface area contributed by atoms with E-state index in [2.05, 4.69) is 30.6 Å². The van der Waals surface area contributed by atoms with Gasteiger partial charge in [-0.05, 0) is 53.6 Å². The first-order valence-corrected chi connectivity index (χ1v) is 11.3. The Labute approximate surface area is 185 Å². The lowest BCUT2D eigenvalue weighted by Gasteiger charge is -2.24. The van der Waals surface area contributed by atoms with E-state index in [0.29, 0.717) is 19.0 Å². The lowest BCUT2D eigenvalue weighted by molar-refractivity contribution is -0.777. The van der Waals surface area contributed by atoms with Crippen LogP contribution in [0.1, 0.15) is 12.0 Å². The molecule has 0 bridgehead atoms. The highest BCUT2D eigenvalue weighted by Gasteiger charge is 2.13. The van der Waals surface area contributed by atoms with Crippen molar-refractivity contribution < 1.29 is 28.7 Å². The first kappa shape index (κ1) is 24.7. The number of thiazole rings is 1. The number of rotatable bonds is 15. The first-order chi connectivity index (χ1) is 14.7. The molecule has 1 heterocycles. The van der Waals surface area contributed by atoms with Crippen molar-refractivity contribution in [2.24, 2.45) is 10.2 Å². The molecule has 1 aromatic carbocycles. The molecule has 0 fully saturated rings. The highest BCUT2D eigenvalue weighted by Crippen LogP contribution is 2.27. The molecule has 0 atom stereocenters. The Morgan fingerprint density at radius 1 is 1.17 bits per heavy atom. The van der Waals surface area contributed by atoms with E-state index in [1.54, 1.807) is 14.2 Å². The molecule has 9 nitrogen and oxygen atoms in total. The van der Waals surface area contributed by atoms with E-state index in [1.165, 1.54) is 11.3 Å². The molecule has 0 saturated carbocycles. The summed E-state index contributed by atoms with van der Waals surface area (Å²) in [7, 11) is 3.40. The van der Waals surface area contributed by atoms with Crippen molar-refractivity contribution in [3.05, 3.63) is 35.3 Å². The molecule has 0 radical (unpaired) electrons. The minimum atomic E-state index is 0.644. The molecule has 0 spiro atoms. The van der Waals surface area contributed by atoms with E-state index in [0.717, 1.165) is 60.2 Å². The minimum absolute atomic E-state index is 0.644. The van der Waals surface area contributed by atoms with Gasteiger partial charge in [-0.3, -0.25) is 5.04 Å². The Bertz CT molecular complexity index is 767. The molecule has 2 rings (SSSR count). The highest BCUT2D eigenvalue weighted by molar-refractivity contribution is 7.94. The Morgan fingerprint density at radius 2 is 1.93 bits per heavy atom. The van der Waals surface area contributed by atoms with Crippen molar-refractivity contribution in [1.29, 1.82) is 0 Å². The van der Waals surface area contributed by atoms with Gasteiger partial charge >= 0.3 is 5.13 Å². The molecule has 0 aliphatic rings. The largest absolute Gasteiger partial charge is 0.691 e. The first-order valence-electron chi connectivity index (χ1n) is 9.50. The number of benzene rings is 1. The van der Waals surface area contributed by atoms with Gasteiger partial charge in [-0.1, -0.05) is 0 Å². The molecule has 11 heteroatoms.